The zero-order valence-corrected chi connectivity index (χ0v) is 18.9. The summed E-state index contributed by atoms with van der Waals surface area (Å²) in [6.07, 6.45) is 3.65. The van der Waals surface area contributed by atoms with Gasteiger partial charge in [0.1, 0.15) is 0 Å². The van der Waals surface area contributed by atoms with E-state index in [4.69, 9.17) is 4.74 Å². The van der Waals surface area contributed by atoms with Gasteiger partial charge in [-0.3, -0.25) is 14.5 Å². The van der Waals surface area contributed by atoms with Gasteiger partial charge in [0.2, 0.25) is 0 Å². The molecule has 172 valence electrons. The Morgan fingerprint density at radius 2 is 1.82 bits per heavy atom. The number of nitrogens with zero attached hydrogens (tertiary/aromatic N) is 1. The Kier molecular flexibility index (Phi) is 6.40. The molecule has 0 saturated carbocycles. The van der Waals surface area contributed by atoms with Gasteiger partial charge < -0.3 is 15.4 Å². The highest BCUT2D eigenvalue weighted by atomic mass is 16.5. The minimum atomic E-state index is -0.336. The van der Waals surface area contributed by atoms with Gasteiger partial charge in [0.25, 0.3) is 11.8 Å². The average Bonchev–Trinajstić information content (AvgIpc) is 2.87. The minimum Gasteiger partial charge on any atom is -0.449 e. The third-order valence-corrected chi connectivity index (χ3v) is 6.18. The SMILES string of the molecule is O=C1Nc2cc(C(=O)NCCCN3CCc4ccccc4C3)ccc2O/C1=C\c1ccccc1. The molecule has 6 heteroatoms. The lowest BCUT2D eigenvalue weighted by Crippen LogP contribution is -2.33. The molecule has 0 fully saturated rings. The maximum atomic E-state index is 12.6. The highest BCUT2D eigenvalue weighted by molar-refractivity contribution is 6.09. The molecule has 0 aliphatic carbocycles. The van der Waals surface area contributed by atoms with Gasteiger partial charge in [-0.2, -0.15) is 0 Å². The average molecular weight is 454 g/mol. The largest absolute Gasteiger partial charge is 0.449 e. The first-order valence-electron chi connectivity index (χ1n) is 11.6. The summed E-state index contributed by atoms with van der Waals surface area (Å²) in [6, 6.07) is 23.2. The Balaban J connectivity index is 1.14. The van der Waals surface area contributed by atoms with Gasteiger partial charge in [-0.15, -0.1) is 0 Å². The third-order valence-electron chi connectivity index (χ3n) is 6.18. The summed E-state index contributed by atoms with van der Waals surface area (Å²) in [5.74, 6) is 0.239. The summed E-state index contributed by atoms with van der Waals surface area (Å²) in [4.78, 5) is 27.5. The van der Waals surface area contributed by atoms with Crippen LogP contribution in [-0.2, 0) is 17.8 Å². The summed E-state index contributed by atoms with van der Waals surface area (Å²) in [5.41, 5.74) is 4.71. The Hall–Kier alpha value is -3.90. The Bertz CT molecular complexity index is 1240. The number of benzene rings is 3. The smallest absolute Gasteiger partial charge is 0.291 e. The normalized spacial score (nSPS) is 16.2. The molecule has 0 saturated heterocycles. The molecule has 0 bridgehead atoms. The van der Waals surface area contributed by atoms with E-state index in [9.17, 15) is 9.59 Å². The van der Waals surface area contributed by atoms with Crippen molar-refractivity contribution in [3.05, 3.63) is 101 Å². The number of anilines is 1. The van der Waals surface area contributed by atoms with E-state index in [1.165, 1.54) is 11.1 Å². The molecule has 2 N–H and O–H groups in total. The second-order valence-electron chi connectivity index (χ2n) is 8.59. The number of carbonyl (C=O) groups excluding carboxylic acids is 2. The van der Waals surface area contributed by atoms with E-state index < -0.39 is 0 Å². The number of rotatable bonds is 6. The molecule has 6 nitrogen and oxygen atoms in total. The van der Waals surface area contributed by atoms with Crippen LogP contribution in [-0.4, -0.2) is 36.3 Å². The van der Waals surface area contributed by atoms with Crippen molar-refractivity contribution >= 4 is 23.6 Å². The van der Waals surface area contributed by atoms with Gasteiger partial charge in [-0.1, -0.05) is 54.6 Å². The predicted octanol–water partition coefficient (Wildman–Crippen LogP) is 4.24. The molecule has 34 heavy (non-hydrogen) atoms. The van der Waals surface area contributed by atoms with Crippen LogP contribution in [0.4, 0.5) is 5.69 Å². The van der Waals surface area contributed by atoms with Crippen LogP contribution in [0.25, 0.3) is 6.08 Å². The molecule has 5 rings (SSSR count). The Morgan fingerprint density at radius 1 is 1.03 bits per heavy atom. The summed E-state index contributed by atoms with van der Waals surface area (Å²) in [6.45, 7) is 3.56. The van der Waals surface area contributed by atoms with Crippen LogP contribution in [0.3, 0.4) is 0 Å². The van der Waals surface area contributed by atoms with Crippen LogP contribution in [0, 0.1) is 0 Å². The van der Waals surface area contributed by atoms with Crippen molar-refractivity contribution in [3.63, 3.8) is 0 Å². The van der Waals surface area contributed by atoms with Crippen molar-refractivity contribution in [2.75, 3.05) is 25.0 Å². The molecule has 0 aromatic heterocycles. The number of amides is 2. The molecule has 3 aromatic rings. The van der Waals surface area contributed by atoms with E-state index in [2.05, 4.69) is 39.8 Å². The number of hydrogen-bond donors (Lipinski definition) is 2. The van der Waals surface area contributed by atoms with Gasteiger partial charge in [-0.05, 0) is 53.8 Å². The third kappa shape index (κ3) is 5.02. The van der Waals surface area contributed by atoms with E-state index in [0.717, 1.165) is 38.0 Å². The molecule has 2 aliphatic heterocycles. The van der Waals surface area contributed by atoms with Crippen molar-refractivity contribution in [2.24, 2.45) is 0 Å². The number of fused-ring (bicyclic) bond motifs is 2. The van der Waals surface area contributed by atoms with Gasteiger partial charge >= 0.3 is 0 Å². The van der Waals surface area contributed by atoms with Crippen molar-refractivity contribution in [3.8, 4) is 5.75 Å². The van der Waals surface area contributed by atoms with E-state index in [1.807, 2.05) is 30.3 Å². The van der Waals surface area contributed by atoms with Crippen molar-refractivity contribution in [1.29, 1.82) is 0 Å². The van der Waals surface area contributed by atoms with Gasteiger partial charge in [0, 0.05) is 31.7 Å². The van der Waals surface area contributed by atoms with E-state index in [1.54, 1.807) is 24.3 Å². The highest BCUT2D eigenvalue weighted by Gasteiger charge is 2.23. The zero-order chi connectivity index (χ0) is 23.3. The fraction of sp³-hybridized carbons (Fsp3) is 0.214. The van der Waals surface area contributed by atoms with Crippen LogP contribution in [0.15, 0.2) is 78.6 Å². The van der Waals surface area contributed by atoms with Gasteiger partial charge in [-0.25, -0.2) is 0 Å². The number of nitrogens with one attached hydrogen (secondary N) is 2. The molecular weight excluding hydrogens is 426 g/mol. The van der Waals surface area contributed by atoms with Crippen molar-refractivity contribution in [1.82, 2.24) is 10.2 Å². The van der Waals surface area contributed by atoms with Crippen LogP contribution in [0.2, 0.25) is 0 Å². The molecule has 2 aliphatic rings. The number of ether oxygens (including phenoxy) is 1. The van der Waals surface area contributed by atoms with Crippen molar-refractivity contribution in [2.45, 2.75) is 19.4 Å². The first kappa shape index (κ1) is 21.9. The first-order chi connectivity index (χ1) is 16.7. The summed E-state index contributed by atoms with van der Waals surface area (Å²) >= 11 is 0. The van der Waals surface area contributed by atoms with Crippen LogP contribution < -0.4 is 15.4 Å². The maximum absolute atomic E-state index is 12.6. The van der Waals surface area contributed by atoms with Crippen LogP contribution >= 0.6 is 0 Å². The second-order valence-corrected chi connectivity index (χ2v) is 8.59. The molecule has 0 radical (unpaired) electrons. The molecular formula is C28H27N3O3. The fourth-order valence-corrected chi connectivity index (χ4v) is 4.35. The number of carbonyl (C=O) groups is 2. The molecule has 0 spiro atoms. The second kappa shape index (κ2) is 9.93. The Morgan fingerprint density at radius 3 is 2.68 bits per heavy atom. The van der Waals surface area contributed by atoms with Crippen LogP contribution in [0.5, 0.6) is 5.75 Å². The monoisotopic (exact) mass is 453 g/mol. The first-order valence-corrected chi connectivity index (χ1v) is 11.6. The lowest BCUT2D eigenvalue weighted by molar-refractivity contribution is -0.115. The fourth-order valence-electron chi connectivity index (χ4n) is 4.35. The quantitative estimate of drug-likeness (QED) is 0.433. The summed E-state index contributed by atoms with van der Waals surface area (Å²) in [5, 5.41) is 5.81. The van der Waals surface area contributed by atoms with E-state index in [0.29, 0.717) is 23.5 Å². The van der Waals surface area contributed by atoms with Crippen molar-refractivity contribution < 1.29 is 14.3 Å². The molecule has 2 amide bonds. The van der Waals surface area contributed by atoms with E-state index in [-0.39, 0.29) is 17.6 Å². The zero-order valence-electron chi connectivity index (χ0n) is 18.9. The highest BCUT2D eigenvalue weighted by Crippen LogP contribution is 2.32. The topological polar surface area (TPSA) is 70.7 Å². The van der Waals surface area contributed by atoms with Gasteiger partial charge in [0.15, 0.2) is 11.5 Å². The molecule has 2 heterocycles. The molecule has 3 aromatic carbocycles. The van der Waals surface area contributed by atoms with E-state index >= 15 is 0 Å². The molecule has 0 atom stereocenters. The predicted molar refractivity (Wildman–Crippen MR) is 132 cm³/mol. The summed E-state index contributed by atoms with van der Waals surface area (Å²) < 4.78 is 5.79. The van der Waals surface area contributed by atoms with Crippen LogP contribution in [0.1, 0.15) is 33.5 Å². The maximum Gasteiger partial charge on any atom is 0.291 e. The minimum absolute atomic E-state index is 0.160. The molecule has 0 unspecified atom stereocenters. The summed E-state index contributed by atoms with van der Waals surface area (Å²) in [7, 11) is 0. The lowest BCUT2D eigenvalue weighted by Gasteiger charge is -2.28. The standard InChI is InChI=1S/C28H27N3O3/c32-27(29-14-6-15-31-16-13-21-9-4-5-10-23(21)19-31)22-11-12-25-24(18-22)30-28(33)26(34-25)17-20-7-2-1-3-8-20/h1-5,7-12,17-18H,6,13-16,19H2,(H,29,32)(H,30,33)/b26-17-. The number of hydrogen-bond acceptors (Lipinski definition) is 4. The Labute approximate surface area is 199 Å². The lowest BCUT2D eigenvalue weighted by atomic mass is 10.00. The van der Waals surface area contributed by atoms with Gasteiger partial charge in [0.05, 0.1) is 5.69 Å².